The van der Waals surface area contributed by atoms with Crippen molar-refractivity contribution >= 4 is 46.1 Å². The fourth-order valence-corrected chi connectivity index (χ4v) is 4.42. The molecule has 2 aliphatic heterocycles. The molecule has 0 fully saturated rings. The summed E-state index contributed by atoms with van der Waals surface area (Å²) in [6, 6.07) is 20.0. The second-order valence-corrected chi connectivity index (χ2v) is 7.86. The van der Waals surface area contributed by atoms with E-state index in [2.05, 4.69) is 0 Å². The molecule has 0 radical (unpaired) electrons. The van der Waals surface area contributed by atoms with E-state index in [0.717, 1.165) is 22.6 Å². The Balaban J connectivity index is 1.69. The number of para-hydroxylation sites is 2. The van der Waals surface area contributed by atoms with E-state index in [4.69, 9.17) is 11.6 Å². The Morgan fingerprint density at radius 3 is 2.19 bits per heavy atom. The van der Waals surface area contributed by atoms with E-state index in [9.17, 15) is 19.7 Å². The van der Waals surface area contributed by atoms with Gasteiger partial charge in [-0.05, 0) is 47.9 Å². The zero-order valence-corrected chi connectivity index (χ0v) is 17.5. The maximum atomic E-state index is 13.7. The molecule has 0 unspecified atom stereocenters. The van der Waals surface area contributed by atoms with Crippen molar-refractivity contribution < 1.29 is 14.5 Å². The lowest BCUT2D eigenvalue weighted by atomic mass is 10.0. The molecule has 158 valence electrons. The first kappa shape index (κ1) is 20.0. The molecule has 32 heavy (non-hydrogen) atoms. The quantitative estimate of drug-likeness (QED) is 0.333. The van der Waals surface area contributed by atoms with Gasteiger partial charge in [-0.25, -0.2) is 4.90 Å². The molecule has 0 saturated carbocycles. The van der Waals surface area contributed by atoms with Crippen LogP contribution in [0.25, 0.3) is 5.57 Å². The van der Waals surface area contributed by atoms with Crippen molar-refractivity contribution in [2.24, 2.45) is 0 Å². The van der Waals surface area contributed by atoms with Gasteiger partial charge in [-0.3, -0.25) is 19.7 Å². The van der Waals surface area contributed by atoms with E-state index in [-0.39, 0.29) is 22.0 Å². The summed E-state index contributed by atoms with van der Waals surface area (Å²) < 4.78 is 0. The SMILES string of the molecule is O=C1C(c2ccc([N+](=O)[O-])cc2)=C(N2CCc3ccccc32)C(=O)N1c1ccccc1Cl. The summed E-state index contributed by atoms with van der Waals surface area (Å²) in [5.41, 5.74) is 3.02. The van der Waals surface area contributed by atoms with Gasteiger partial charge in [-0.15, -0.1) is 0 Å². The molecule has 0 aromatic heterocycles. The number of rotatable bonds is 4. The maximum Gasteiger partial charge on any atom is 0.282 e. The van der Waals surface area contributed by atoms with Gasteiger partial charge in [0.1, 0.15) is 5.70 Å². The zero-order valence-electron chi connectivity index (χ0n) is 16.7. The van der Waals surface area contributed by atoms with Crippen molar-refractivity contribution in [1.82, 2.24) is 0 Å². The lowest BCUT2D eigenvalue weighted by molar-refractivity contribution is -0.384. The van der Waals surface area contributed by atoms with Crippen LogP contribution in [0.3, 0.4) is 0 Å². The van der Waals surface area contributed by atoms with Gasteiger partial charge in [-0.1, -0.05) is 41.9 Å². The van der Waals surface area contributed by atoms with Gasteiger partial charge in [-0.2, -0.15) is 0 Å². The van der Waals surface area contributed by atoms with Crippen LogP contribution in [0.15, 0.2) is 78.5 Å². The third kappa shape index (κ3) is 3.06. The van der Waals surface area contributed by atoms with E-state index < -0.39 is 16.7 Å². The Morgan fingerprint density at radius 1 is 0.844 bits per heavy atom. The molecule has 8 heteroatoms. The molecule has 0 N–H and O–H groups in total. The van der Waals surface area contributed by atoms with E-state index in [1.54, 1.807) is 24.3 Å². The van der Waals surface area contributed by atoms with Gasteiger partial charge < -0.3 is 4.90 Å². The van der Waals surface area contributed by atoms with Crippen molar-refractivity contribution in [3.8, 4) is 0 Å². The van der Waals surface area contributed by atoms with Crippen LogP contribution in [0, 0.1) is 10.1 Å². The normalized spacial score (nSPS) is 15.5. The number of hydrogen-bond donors (Lipinski definition) is 0. The fraction of sp³-hybridized carbons (Fsp3) is 0.0833. The monoisotopic (exact) mass is 445 g/mol. The van der Waals surface area contributed by atoms with Gasteiger partial charge >= 0.3 is 0 Å². The van der Waals surface area contributed by atoms with Crippen molar-refractivity contribution in [1.29, 1.82) is 0 Å². The standard InChI is InChI=1S/C24H16ClN3O4/c25-18-6-2-4-8-20(18)27-23(29)21(16-9-11-17(12-10-16)28(31)32)22(24(27)30)26-14-13-15-5-1-3-7-19(15)26/h1-12H,13-14H2. The first-order valence-corrected chi connectivity index (χ1v) is 10.3. The summed E-state index contributed by atoms with van der Waals surface area (Å²) in [7, 11) is 0. The molecule has 0 bridgehead atoms. The molecule has 5 rings (SSSR count). The van der Waals surface area contributed by atoms with E-state index in [1.807, 2.05) is 29.2 Å². The Hall–Kier alpha value is -3.97. The van der Waals surface area contributed by atoms with Crippen molar-refractivity contribution in [3.63, 3.8) is 0 Å². The Bertz CT molecular complexity index is 1320. The number of nitro benzene ring substituents is 1. The largest absolute Gasteiger partial charge is 0.336 e. The number of carbonyl (C=O) groups is 2. The van der Waals surface area contributed by atoms with Crippen molar-refractivity contribution in [2.45, 2.75) is 6.42 Å². The molecule has 3 aromatic rings. The molecular formula is C24H16ClN3O4. The summed E-state index contributed by atoms with van der Waals surface area (Å²) in [5.74, 6) is -0.996. The molecule has 3 aromatic carbocycles. The third-order valence-electron chi connectivity index (χ3n) is 5.68. The highest BCUT2D eigenvalue weighted by Gasteiger charge is 2.44. The van der Waals surface area contributed by atoms with Crippen molar-refractivity contribution in [3.05, 3.63) is 105 Å². The fourth-order valence-electron chi connectivity index (χ4n) is 4.20. The van der Waals surface area contributed by atoms with Gasteiger partial charge in [0.15, 0.2) is 0 Å². The minimum absolute atomic E-state index is 0.0952. The summed E-state index contributed by atoms with van der Waals surface area (Å²) in [6.07, 6.45) is 0.737. The number of nitrogens with zero attached hydrogens (tertiary/aromatic N) is 3. The predicted molar refractivity (Wildman–Crippen MR) is 121 cm³/mol. The summed E-state index contributed by atoms with van der Waals surface area (Å²) in [6.45, 7) is 0.542. The van der Waals surface area contributed by atoms with Gasteiger partial charge in [0.05, 0.1) is 21.2 Å². The molecule has 2 amide bonds. The van der Waals surface area contributed by atoms with Crippen LogP contribution >= 0.6 is 11.6 Å². The highest BCUT2D eigenvalue weighted by Crippen LogP contribution is 2.41. The number of hydrogen-bond acceptors (Lipinski definition) is 5. The molecule has 0 saturated heterocycles. The number of nitro groups is 1. The number of fused-ring (bicyclic) bond motifs is 1. The summed E-state index contributed by atoms with van der Waals surface area (Å²) in [5, 5.41) is 11.4. The predicted octanol–water partition coefficient (Wildman–Crippen LogP) is 4.60. The molecule has 2 heterocycles. The average Bonchev–Trinajstić information content (AvgIpc) is 3.32. The summed E-state index contributed by atoms with van der Waals surface area (Å²) >= 11 is 6.32. The van der Waals surface area contributed by atoms with Crippen LogP contribution < -0.4 is 9.80 Å². The maximum absolute atomic E-state index is 13.7. The molecule has 0 atom stereocenters. The van der Waals surface area contributed by atoms with Crippen LogP contribution in [-0.4, -0.2) is 23.3 Å². The molecule has 2 aliphatic rings. The van der Waals surface area contributed by atoms with Crippen LogP contribution in [0.2, 0.25) is 5.02 Å². The number of imide groups is 1. The lowest BCUT2D eigenvalue weighted by Gasteiger charge is -2.22. The Kier molecular flexibility index (Phi) is 4.75. The van der Waals surface area contributed by atoms with Gasteiger partial charge in [0, 0.05) is 24.4 Å². The second-order valence-electron chi connectivity index (χ2n) is 7.46. The lowest BCUT2D eigenvalue weighted by Crippen LogP contribution is -2.35. The third-order valence-corrected chi connectivity index (χ3v) is 6.00. The zero-order chi connectivity index (χ0) is 22.4. The minimum Gasteiger partial charge on any atom is -0.336 e. The summed E-state index contributed by atoms with van der Waals surface area (Å²) in [4.78, 5) is 40.8. The van der Waals surface area contributed by atoms with E-state index in [1.165, 1.54) is 24.3 Å². The molecule has 0 aliphatic carbocycles. The van der Waals surface area contributed by atoms with E-state index in [0.29, 0.717) is 17.8 Å². The number of benzene rings is 3. The van der Waals surface area contributed by atoms with Gasteiger partial charge in [0.2, 0.25) is 0 Å². The van der Waals surface area contributed by atoms with Crippen molar-refractivity contribution in [2.75, 3.05) is 16.3 Å². The highest BCUT2D eigenvalue weighted by molar-refractivity contribution is 6.48. The number of non-ortho nitro benzene ring substituents is 1. The average molecular weight is 446 g/mol. The highest BCUT2D eigenvalue weighted by atomic mass is 35.5. The minimum atomic E-state index is -0.517. The van der Waals surface area contributed by atoms with Crippen LogP contribution in [-0.2, 0) is 16.0 Å². The number of anilines is 2. The topological polar surface area (TPSA) is 83.8 Å². The number of halogens is 1. The smallest absolute Gasteiger partial charge is 0.282 e. The molecule has 7 nitrogen and oxygen atoms in total. The molecular weight excluding hydrogens is 430 g/mol. The van der Waals surface area contributed by atoms with Crippen LogP contribution in [0.5, 0.6) is 0 Å². The first-order chi connectivity index (χ1) is 15.5. The number of carbonyl (C=O) groups excluding carboxylic acids is 2. The van der Waals surface area contributed by atoms with Gasteiger partial charge in [0.25, 0.3) is 17.5 Å². The number of amides is 2. The first-order valence-electron chi connectivity index (χ1n) is 9.95. The molecule has 0 spiro atoms. The van der Waals surface area contributed by atoms with Crippen LogP contribution in [0.1, 0.15) is 11.1 Å². The van der Waals surface area contributed by atoms with E-state index >= 15 is 0 Å². The van der Waals surface area contributed by atoms with Crippen LogP contribution in [0.4, 0.5) is 17.1 Å². The Labute approximate surface area is 188 Å². The Morgan fingerprint density at radius 2 is 1.50 bits per heavy atom. The second kappa shape index (κ2) is 7.62.